The van der Waals surface area contributed by atoms with Crippen LogP contribution in [0.5, 0.6) is 11.5 Å². The summed E-state index contributed by atoms with van der Waals surface area (Å²) in [5, 5.41) is 2.70. The fourth-order valence-electron chi connectivity index (χ4n) is 3.07. The Labute approximate surface area is 188 Å². The summed E-state index contributed by atoms with van der Waals surface area (Å²) >= 11 is 1.47. The molecule has 0 unspecified atom stereocenters. The van der Waals surface area contributed by atoms with Gasteiger partial charge in [-0.05, 0) is 54.8 Å². The zero-order chi connectivity index (χ0) is 22.4. The van der Waals surface area contributed by atoms with Crippen LogP contribution in [0.2, 0.25) is 0 Å². The van der Waals surface area contributed by atoms with Crippen LogP contribution in [0.25, 0.3) is 0 Å². The number of hydrogen-bond acceptors (Lipinski definition) is 6. The molecular weight excluding hydrogens is 432 g/mol. The van der Waals surface area contributed by atoms with E-state index >= 15 is 0 Å². The molecule has 0 aliphatic heterocycles. The maximum Gasteiger partial charge on any atom is 0.243 e. The van der Waals surface area contributed by atoms with Gasteiger partial charge in [-0.25, -0.2) is 13.4 Å². The molecule has 0 saturated heterocycles. The lowest BCUT2D eigenvalue weighted by Crippen LogP contribution is -2.34. The molecule has 0 spiro atoms. The van der Waals surface area contributed by atoms with Gasteiger partial charge in [0.05, 0.1) is 24.2 Å². The predicted octanol–water partition coefficient (Wildman–Crippen LogP) is 4.89. The first-order valence-electron chi connectivity index (χ1n) is 10.0. The molecule has 8 heteroatoms. The van der Waals surface area contributed by atoms with E-state index < -0.39 is 10.0 Å². The van der Waals surface area contributed by atoms with Crippen LogP contribution in [0.3, 0.4) is 0 Å². The first-order chi connectivity index (χ1) is 14.8. The molecule has 0 N–H and O–H groups in total. The lowest BCUT2D eigenvalue weighted by atomic mass is 10.2. The van der Waals surface area contributed by atoms with Crippen LogP contribution in [0.1, 0.15) is 30.1 Å². The number of sulfonamides is 1. The van der Waals surface area contributed by atoms with E-state index in [-0.39, 0.29) is 17.4 Å². The van der Waals surface area contributed by atoms with Gasteiger partial charge < -0.3 is 9.47 Å². The molecule has 0 saturated carbocycles. The summed E-state index contributed by atoms with van der Waals surface area (Å²) in [6.07, 6.45) is 0. The highest BCUT2D eigenvalue weighted by atomic mass is 32.2. The summed E-state index contributed by atoms with van der Waals surface area (Å²) in [4.78, 5) is 4.84. The lowest BCUT2D eigenvalue weighted by Gasteiger charge is -2.23. The van der Waals surface area contributed by atoms with Crippen molar-refractivity contribution in [1.29, 1.82) is 0 Å². The van der Waals surface area contributed by atoms with Gasteiger partial charge >= 0.3 is 0 Å². The molecule has 0 amide bonds. The second kappa shape index (κ2) is 10.3. The Balaban J connectivity index is 1.73. The molecule has 1 heterocycles. The minimum atomic E-state index is -3.66. The highest BCUT2D eigenvalue weighted by Gasteiger charge is 2.26. The highest BCUT2D eigenvalue weighted by molar-refractivity contribution is 7.89. The normalized spacial score (nSPS) is 11.8. The average molecular weight is 461 g/mol. The Bertz CT molecular complexity index is 1090. The van der Waals surface area contributed by atoms with Gasteiger partial charge in [0, 0.05) is 11.9 Å². The lowest BCUT2D eigenvalue weighted by molar-refractivity contribution is 0.304. The van der Waals surface area contributed by atoms with Crippen LogP contribution in [0.4, 0.5) is 0 Å². The van der Waals surface area contributed by atoms with Gasteiger partial charge in [0.1, 0.15) is 23.1 Å². The third kappa shape index (κ3) is 6.29. The fraction of sp³-hybridized carbons (Fsp3) is 0.348. The van der Waals surface area contributed by atoms with E-state index in [0.717, 1.165) is 16.3 Å². The Hall–Kier alpha value is -2.42. The molecule has 0 fully saturated rings. The van der Waals surface area contributed by atoms with Crippen molar-refractivity contribution in [3.8, 4) is 11.5 Å². The maximum atomic E-state index is 13.3. The van der Waals surface area contributed by atoms with Crippen molar-refractivity contribution in [2.75, 3.05) is 13.7 Å². The van der Waals surface area contributed by atoms with Crippen molar-refractivity contribution in [2.24, 2.45) is 5.92 Å². The largest absolute Gasteiger partial charge is 0.497 e. The summed E-state index contributed by atoms with van der Waals surface area (Å²) in [5.74, 6) is 1.59. The molecule has 31 heavy (non-hydrogen) atoms. The Morgan fingerprint density at radius 3 is 2.48 bits per heavy atom. The molecule has 2 aromatic carbocycles. The monoisotopic (exact) mass is 460 g/mol. The molecule has 0 atom stereocenters. The minimum absolute atomic E-state index is 0.177. The predicted molar refractivity (Wildman–Crippen MR) is 123 cm³/mol. The maximum absolute atomic E-state index is 13.3. The van der Waals surface area contributed by atoms with Gasteiger partial charge in [-0.2, -0.15) is 4.31 Å². The molecule has 3 rings (SSSR count). The molecule has 0 radical (unpaired) electrons. The molecule has 0 aliphatic carbocycles. The SMILES string of the molecule is COc1ccc(S(=O)(=O)N(Cc2csc(COc3cccc(C)c3)n2)CC(C)C)cc1. The number of ether oxygens (including phenoxy) is 2. The van der Waals surface area contributed by atoms with E-state index in [1.165, 1.54) is 15.6 Å². The van der Waals surface area contributed by atoms with E-state index in [1.807, 2.05) is 50.4 Å². The van der Waals surface area contributed by atoms with Gasteiger partial charge in [0.15, 0.2) is 0 Å². The van der Waals surface area contributed by atoms with Crippen LogP contribution < -0.4 is 9.47 Å². The summed E-state index contributed by atoms with van der Waals surface area (Å²) in [7, 11) is -2.11. The van der Waals surface area contributed by atoms with Crippen molar-refractivity contribution >= 4 is 21.4 Å². The summed E-state index contributed by atoms with van der Waals surface area (Å²) in [6.45, 7) is 6.98. The average Bonchev–Trinajstić information content (AvgIpc) is 3.19. The van der Waals surface area contributed by atoms with Crippen molar-refractivity contribution in [3.63, 3.8) is 0 Å². The van der Waals surface area contributed by atoms with Crippen LogP contribution in [0, 0.1) is 12.8 Å². The highest BCUT2D eigenvalue weighted by Crippen LogP contribution is 2.23. The second-order valence-electron chi connectivity index (χ2n) is 7.70. The van der Waals surface area contributed by atoms with Gasteiger partial charge in [0.2, 0.25) is 10.0 Å². The van der Waals surface area contributed by atoms with Gasteiger partial charge in [0.25, 0.3) is 0 Å². The molecule has 6 nitrogen and oxygen atoms in total. The first-order valence-corrected chi connectivity index (χ1v) is 12.4. The summed E-state index contributed by atoms with van der Waals surface area (Å²) in [5.41, 5.74) is 1.84. The van der Waals surface area contributed by atoms with E-state index in [4.69, 9.17) is 9.47 Å². The van der Waals surface area contributed by atoms with Gasteiger partial charge in [-0.3, -0.25) is 0 Å². The summed E-state index contributed by atoms with van der Waals surface area (Å²) < 4.78 is 39.0. The zero-order valence-electron chi connectivity index (χ0n) is 18.2. The number of aromatic nitrogens is 1. The number of hydrogen-bond donors (Lipinski definition) is 0. The topological polar surface area (TPSA) is 68.7 Å². The molecule has 1 aromatic heterocycles. The minimum Gasteiger partial charge on any atom is -0.497 e. The van der Waals surface area contributed by atoms with E-state index in [2.05, 4.69) is 4.98 Å². The summed E-state index contributed by atoms with van der Waals surface area (Å²) in [6, 6.07) is 14.3. The second-order valence-corrected chi connectivity index (χ2v) is 10.6. The van der Waals surface area contributed by atoms with Crippen molar-refractivity contribution in [1.82, 2.24) is 9.29 Å². The van der Waals surface area contributed by atoms with Crippen LogP contribution in [0.15, 0.2) is 58.8 Å². The fourth-order valence-corrected chi connectivity index (χ4v) is 5.34. The number of aryl methyl sites for hydroxylation is 1. The number of methoxy groups -OCH3 is 1. The van der Waals surface area contributed by atoms with Crippen molar-refractivity contribution in [2.45, 2.75) is 38.8 Å². The number of thiazole rings is 1. The van der Waals surface area contributed by atoms with Gasteiger partial charge in [-0.1, -0.05) is 26.0 Å². The molecule has 3 aromatic rings. The number of rotatable bonds is 10. The quantitative estimate of drug-likeness (QED) is 0.431. The van der Waals surface area contributed by atoms with E-state index in [9.17, 15) is 8.42 Å². The van der Waals surface area contributed by atoms with Crippen LogP contribution >= 0.6 is 11.3 Å². The molecule has 0 aliphatic rings. The number of benzene rings is 2. The van der Waals surface area contributed by atoms with Gasteiger partial charge in [-0.15, -0.1) is 11.3 Å². The van der Waals surface area contributed by atoms with E-state index in [1.54, 1.807) is 31.4 Å². The van der Waals surface area contributed by atoms with Crippen molar-refractivity contribution < 1.29 is 17.9 Å². The standard InChI is InChI=1S/C23H28N2O4S2/c1-17(2)13-25(31(26,27)22-10-8-20(28-4)9-11-22)14-19-16-30-23(24-19)15-29-21-7-5-6-18(3)12-21/h5-12,16-17H,13-15H2,1-4H3. The molecule has 166 valence electrons. The molecular formula is C23H28N2O4S2. The van der Waals surface area contributed by atoms with E-state index in [0.29, 0.717) is 24.6 Å². The third-order valence-electron chi connectivity index (χ3n) is 4.56. The van der Waals surface area contributed by atoms with Crippen molar-refractivity contribution in [3.05, 3.63) is 70.2 Å². The Morgan fingerprint density at radius 1 is 1.10 bits per heavy atom. The first kappa shape index (κ1) is 23.2. The Morgan fingerprint density at radius 2 is 1.84 bits per heavy atom. The Kier molecular flexibility index (Phi) is 7.69. The van der Waals surface area contributed by atoms with Crippen LogP contribution in [-0.4, -0.2) is 31.4 Å². The number of nitrogens with zero attached hydrogens (tertiary/aromatic N) is 2. The molecule has 0 bridgehead atoms. The smallest absolute Gasteiger partial charge is 0.243 e. The zero-order valence-corrected chi connectivity index (χ0v) is 19.9. The van der Waals surface area contributed by atoms with Crippen LogP contribution in [-0.2, 0) is 23.2 Å². The third-order valence-corrected chi connectivity index (χ3v) is 7.25.